The second-order valence-corrected chi connectivity index (χ2v) is 8.73. The number of ether oxygens (including phenoxy) is 1. The first-order valence-electron chi connectivity index (χ1n) is 10.9. The summed E-state index contributed by atoms with van der Waals surface area (Å²) in [5.41, 5.74) is 11.0. The highest BCUT2D eigenvalue weighted by molar-refractivity contribution is 5.56. The van der Waals surface area contributed by atoms with Crippen LogP contribution in [0, 0.1) is 23.2 Å². The average Bonchev–Trinajstić information content (AvgIpc) is 3.44. The number of nitriles is 1. The lowest BCUT2D eigenvalue weighted by molar-refractivity contribution is 0.281. The summed E-state index contributed by atoms with van der Waals surface area (Å²) in [7, 11) is 0. The molecule has 0 spiro atoms. The molecule has 0 saturated heterocycles. The Morgan fingerprint density at radius 3 is 2.65 bits per heavy atom. The van der Waals surface area contributed by atoms with E-state index < -0.39 is 0 Å². The van der Waals surface area contributed by atoms with Crippen molar-refractivity contribution in [1.29, 1.82) is 5.26 Å². The lowest BCUT2D eigenvalue weighted by atomic mass is 9.78. The second kappa shape index (κ2) is 8.81. The van der Waals surface area contributed by atoms with Gasteiger partial charge < -0.3 is 10.5 Å². The zero-order valence-corrected chi connectivity index (χ0v) is 18.4. The van der Waals surface area contributed by atoms with E-state index in [1.807, 2.05) is 31.2 Å². The molecule has 1 aliphatic carbocycles. The summed E-state index contributed by atoms with van der Waals surface area (Å²) in [4.78, 5) is 4.01. The van der Waals surface area contributed by atoms with Crippen molar-refractivity contribution in [2.75, 3.05) is 0 Å². The van der Waals surface area contributed by atoms with E-state index in [1.165, 1.54) is 24.7 Å². The van der Waals surface area contributed by atoms with Crippen LogP contribution in [0.25, 0.3) is 5.69 Å². The molecule has 1 atom stereocenters. The zero-order valence-electron chi connectivity index (χ0n) is 18.4. The number of benzene rings is 1. The van der Waals surface area contributed by atoms with Crippen LogP contribution in [0.1, 0.15) is 57.9 Å². The maximum Gasteiger partial charge on any atom is 0.205 e. The minimum Gasteiger partial charge on any atom is -0.445 e. The molecular formula is C25H29N5O. The van der Waals surface area contributed by atoms with Crippen LogP contribution in [0.5, 0.6) is 0 Å². The van der Waals surface area contributed by atoms with Gasteiger partial charge in [-0.3, -0.25) is 0 Å². The molecule has 2 aromatic rings. The number of allylic oxidation sites excluding steroid dienone is 5. The molecule has 0 amide bonds. The van der Waals surface area contributed by atoms with Gasteiger partial charge in [-0.05, 0) is 67.7 Å². The van der Waals surface area contributed by atoms with Crippen LogP contribution in [0.4, 0.5) is 0 Å². The molecule has 1 unspecified atom stereocenters. The van der Waals surface area contributed by atoms with E-state index in [1.54, 1.807) is 11.0 Å². The highest BCUT2D eigenvalue weighted by atomic mass is 16.5. The van der Waals surface area contributed by atoms with Gasteiger partial charge in [0.25, 0.3) is 0 Å². The van der Waals surface area contributed by atoms with Crippen molar-refractivity contribution in [1.82, 2.24) is 14.8 Å². The highest BCUT2D eigenvalue weighted by Crippen LogP contribution is 2.49. The largest absolute Gasteiger partial charge is 0.445 e. The molecule has 31 heavy (non-hydrogen) atoms. The fourth-order valence-corrected chi connectivity index (χ4v) is 4.21. The van der Waals surface area contributed by atoms with Crippen LogP contribution in [-0.2, 0) is 4.74 Å². The average molecular weight is 416 g/mol. The number of nitrogens with zero attached hydrogens (tertiary/aromatic N) is 4. The van der Waals surface area contributed by atoms with Gasteiger partial charge in [0.1, 0.15) is 30.1 Å². The standard InChI is InChI=1S/C25H29N5O/c1-16(2)5-4-6-21(18-7-8-18)23-17(3)31-25(27)22(13-26)24(23)19-9-11-20(12-10-19)30-15-28-14-29-30/h6,9-12,14-16,18,24H,4-5,7-8,27H2,1-3H3/b21-6+. The molecule has 1 aromatic heterocycles. The molecule has 0 radical (unpaired) electrons. The van der Waals surface area contributed by atoms with Crippen molar-refractivity contribution in [2.45, 2.75) is 52.4 Å². The van der Waals surface area contributed by atoms with Gasteiger partial charge in [-0.2, -0.15) is 10.4 Å². The second-order valence-electron chi connectivity index (χ2n) is 8.73. The lowest BCUT2D eigenvalue weighted by Gasteiger charge is -2.30. The minimum atomic E-state index is -0.227. The van der Waals surface area contributed by atoms with Crippen LogP contribution in [0.2, 0.25) is 0 Å². The first kappa shape index (κ1) is 20.9. The summed E-state index contributed by atoms with van der Waals surface area (Å²) in [6, 6.07) is 10.4. The van der Waals surface area contributed by atoms with Crippen LogP contribution in [-0.4, -0.2) is 14.8 Å². The number of hydrogen-bond acceptors (Lipinski definition) is 5. The van der Waals surface area contributed by atoms with Gasteiger partial charge >= 0.3 is 0 Å². The molecule has 1 fully saturated rings. The quantitative estimate of drug-likeness (QED) is 0.678. The van der Waals surface area contributed by atoms with Crippen molar-refractivity contribution in [3.05, 3.63) is 76.9 Å². The van der Waals surface area contributed by atoms with Gasteiger partial charge in [0.05, 0.1) is 11.6 Å². The fraction of sp³-hybridized carbons (Fsp3) is 0.400. The predicted molar refractivity (Wildman–Crippen MR) is 120 cm³/mol. The molecule has 2 aliphatic rings. The normalized spacial score (nSPS) is 19.6. The van der Waals surface area contributed by atoms with E-state index in [0.717, 1.165) is 35.4 Å². The van der Waals surface area contributed by atoms with Crippen LogP contribution >= 0.6 is 0 Å². The lowest BCUT2D eigenvalue weighted by Crippen LogP contribution is -2.21. The molecule has 4 rings (SSSR count). The zero-order chi connectivity index (χ0) is 22.0. The summed E-state index contributed by atoms with van der Waals surface area (Å²) >= 11 is 0. The molecule has 6 nitrogen and oxygen atoms in total. The molecule has 1 saturated carbocycles. The molecule has 0 bridgehead atoms. The van der Waals surface area contributed by atoms with Gasteiger partial charge in [0, 0.05) is 5.57 Å². The molecule has 160 valence electrons. The summed E-state index contributed by atoms with van der Waals surface area (Å²) in [6.07, 6.45) is 10.1. The Balaban J connectivity index is 1.75. The smallest absolute Gasteiger partial charge is 0.205 e. The third kappa shape index (κ3) is 4.41. The monoisotopic (exact) mass is 415 g/mol. The molecule has 2 N–H and O–H groups in total. The van der Waals surface area contributed by atoms with Crippen molar-refractivity contribution >= 4 is 0 Å². The Morgan fingerprint density at radius 1 is 1.32 bits per heavy atom. The van der Waals surface area contributed by atoms with Crippen molar-refractivity contribution < 1.29 is 4.74 Å². The number of nitrogens with two attached hydrogens (primary N) is 1. The van der Waals surface area contributed by atoms with E-state index in [9.17, 15) is 5.26 Å². The van der Waals surface area contributed by atoms with Gasteiger partial charge in [-0.1, -0.05) is 32.1 Å². The van der Waals surface area contributed by atoms with Gasteiger partial charge in [-0.15, -0.1) is 0 Å². The van der Waals surface area contributed by atoms with E-state index in [-0.39, 0.29) is 11.8 Å². The number of aromatic nitrogens is 3. The summed E-state index contributed by atoms with van der Waals surface area (Å²) in [6.45, 7) is 6.46. The SMILES string of the molecule is CC1=C(/C(=C/CCC(C)C)C2CC2)C(c2ccc(-n3cncn3)cc2)C(C#N)=C(N)O1. The Morgan fingerprint density at radius 2 is 2.06 bits per heavy atom. The van der Waals surface area contributed by atoms with E-state index in [4.69, 9.17) is 10.5 Å². The van der Waals surface area contributed by atoms with Crippen LogP contribution < -0.4 is 5.73 Å². The van der Waals surface area contributed by atoms with Gasteiger partial charge in [0.15, 0.2) is 0 Å². The fourth-order valence-electron chi connectivity index (χ4n) is 4.21. The maximum atomic E-state index is 9.95. The summed E-state index contributed by atoms with van der Waals surface area (Å²) < 4.78 is 7.59. The Bertz CT molecular complexity index is 1060. The molecule has 1 aliphatic heterocycles. The van der Waals surface area contributed by atoms with Crippen molar-refractivity contribution in [3.8, 4) is 11.8 Å². The molecular weight excluding hydrogens is 386 g/mol. The summed E-state index contributed by atoms with van der Waals surface area (Å²) in [5.74, 6) is 1.96. The van der Waals surface area contributed by atoms with Crippen molar-refractivity contribution in [3.63, 3.8) is 0 Å². The van der Waals surface area contributed by atoms with Gasteiger partial charge in [-0.25, -0.2) is 9.67 Å². The third-order valence-corrected chi connectivity index (χ3v) is 5.95. The maximum absolute atomic E-state index is 9.95. The van der Waals surface area contributed by atoms with E-state index in [2.05, 4.69) is 36.1 Å². The number of rotatable bonds is 7. The topological polar surface area (TPSA) is 89.8 Å². The highest BCUT2D eigenvalue weighted by Gasteiger charge is 2.38. The van der Waals surface area contributed by atoms with Crippen LogP contribution in [0.3, 0.4) is 0 Å². The third-order valence-electron chi connectivity index (χ3n) is 5.95. The Hall–Kier alpha value is -3.33. The summed E-state index contributed by atoms with van der Waals surface area (Å²) in [5, 5.41) is 14.1. The molecule has 1 aromatic carbocycles. The van der Waals surface area contributed by atoms with E-state index in [0.29, 0.717) is 17.4 Å². The van der Waals surface area contributed by atoms with E-state index >= 15 is 0 Å². The Kier molecular flexibility index (Phi) is 5.94. The van der Waals surface area contributed by atoms with Gasteiger partial charge in [0.2, 0.25) is 5.88 Å². The molecule has 2 heterocycles. The first-order chi connectivity index (χ1) is 15.0. The van der Waals surface area contributed by atoms with Crippen LogP contribution in [0.15, 0.2) is 71.4 Å². The molecule has 6 heteroatoms. The number of hydrogen-bond donors (Lipinski definition) is 1. The predicted octanol–water partition coefficient (Wildman–Crippen LogP) is 5.12. The first-order valence-corrected chi connectivity index (χ1v) is 10.9. The van der Waals surface area contributed by atoms with Crippen molar-refractivity contribution in [2.24, 2.45) is 17.6 Å². The Labute approximate surface area is 183 Å². The minimum absolute atomic E-state index is 0.200.